The molecule has 1 N–H and O–H groups in total. The predicted octanol–water partition coefficient (Wildman–Crippen LogP) is 2.12. The van der Waals surface area contributed by atoms with Crippen LogP contribution in [0.4, 0.5) is 5.69 Å². The molecule has 0 aromatic heterocycles. The standard InChI is InChI=1S/C14H15ClN2O6S/c15-10-3-4-11(17(20)21)12(6-10)24(22,23)16-7-9-2-1-5-14(9,8-16)13(18)19/h3-4,6,9H,1-2,5,7-8H2,(H,18,19)/t9-,14+/m0/s1. The van der Waals surface area contributed by atoms with E-state index in [1.807, 2.05) is 0 Å². The summed E-state index contributed by atoms with van der Waals surface area (Å²) in [6, 6.07) is 3.33. The van der Waals surface area contributed by atoms with Gasteiger partial charge in [0.25, 0.3) is 5.69 Å². The number of nitro benzene ring substituents is 1. The minimum absolute atomic E-state index is 0.0539. The smallest absolute Gasteiger partial charge is 0.311 e. The summed E-state index contributed by atoms with van der Waals surface area (Å²) in [7, 11) is -4.21. The zero-order chi connectivity index (χ0) is 17.7. The average Bonchev–Trinajstić information content (AvgIpc) is 3.04. The quantitative estimate of drug-likeness (QED) is 0.637. The summed E-state index contributed by atoms with van der Waals surface area (Å²) in [6.45, 7) is -0.114. The van der Waals surface area contributed by atoms with E-state index in [0.717, 1.165) is 22.9 Å². The number of nitro groups is 1. The molecular formula is C14H15ClN2O6S. The third kappa shape index (κ3) is 2.47. The number of aliphatic carboxylic acids is 1. The fraction of sp³-hybridized carbons (Fsp3) is 0.500. The number of hydrogen-bond donors (Lipinski definition) is 1. The highest BCUT2D eigenvalue weighted by molar-refractivity contribution is 7.89. The van der Waals surface area contributed by atoms with Gasteiger partial charge in [-0.3, -0.25) is 14.9 Å². The molecule has 130 valence electrons. The van der Waals surface area contributed by atoms with Gasteiger partial charge in [0.2, 0.25) is 10.0 Å². The largest absolute Gasteiger partial charge is 0.481 e. The Morgan fingerprint density at radius 2 is 2.17 bits per heavy atom. The van der Waals surface area contributed by atoms with Gasteiger partial charge in [-0.05, 0) is 30.9 Å². The second-order valence-electron chi connectivity index (χ2n) is 6.22. The van der Waals surface area contributed by atoms with Crippen molar-refractivity contribution in [2.24, 2.45) is 11.3 Å². The lowest BCUT2D eigenvalue weighted by Crippen LogP contribution is -2.37. The van der Waals surface area contributed by atoms with Gasteiger partial charge in [0.05, 0.1) is 10.3 Å². The maximum Gasteiger partial charge on any atom is 0.311 e. The van der Waals surface area contributed by atoms with Crippen molar-refractivity contribution in [3.8, 4) is 0 Å². The molecule has 0 radical (unpaired) electrons. The van der Waals surface area contributed by atoms with E-state index >= 15 is 0 Å². The lowest BCUT2D eigenvalue weighted by molar-refractivity contribution is -0.387. The van der Waals surface area contributed by atoms with Crippen LogP contribution in [0.15, 0.2) is 23.1 Å². The van der Waals surface area contributed by atoms with E-state index in [2.05, 4.69) is 0 Å². The van der Waals surface area contributed by atoms with E-state index < -0.39 is 36.9 Å². The summed E-state index contributed by atoms with van der Waals surface area (Å²) in [5, 5.41) is 20.8. The first-order valence-corrected chi connectivity index (χ1v) is 9.18. The number of halogens is 1. The number of hydrogen-bond acceptors (Lipinski definition) is 5. The number of fused-ring (bicyclic) bond motifs is 1. The van der Waals surface area contributed by atoms with Gasteiger partial charge in [-0.15, -0.1) is 0 Å². The molecular weight excluding hydrogens is 360 g/mol. The van der Waals surface area contributed by atoms with Gasteiger partial charge >= 0.3 is 5.97 Å². The normalized spacial score (nSPS) is 27.1. The Kier molecular flexibility index (Phi) is 4.05. The highest BCUT2D eigenvalue weighted by Gasteiger charge is 2.57. The fourth-order valence-electron chi connectivity index (χ4n) is 3.76. The number of benzene rings is 1. The van der Waals surface area contributed by atoms with E-state index in [0.29, 0.717) is 12.8 Å². The van der Waals surface area contributed by atoms with Crippen molar-refractivity contribution < 1.29 is 23.2 Å². The molecule has 0 spiro atoms. The van der Waals surface area contributed by atoms with Gasteiger partial charge in [-0.25, -0.2) is 8.42 Å². The maximum atomic E-state index is 12.9. The number of carboxylic acid groups (broad SMARTS) is 1. The summed E-state index contributed by atoms with van der Waals surface area (Å²) < 4.78 is 26.8. The number of carbonyl (C=O) groups is 1. The van der Waals surface area contributed by atoms with Gasteiger partial charge in [0, 0.05) is 24.2 Å². The van der Waals surface area contributed by atoms with Gasteiger partial charge in [-0.1, -0.05) is 18.0 Å². The second-order valence-corrected chi connectivity index (χ2v) is 8.56. The SMILES string of the molecule is O=C(O)[C@@]12CCC[C@H]1CN(S(=O)(=O)c1cc(Cl)ccc1[N+](=O)[O-])C2. The van der Waals surface area contributed by atoms with Gasteiger partial charge in [0.1, 0.15) is 0 Å². The fourth-order valence-corrected chi connectivity index (χ4v) is 5.73. The minimum Gasteiger partial charge on any atom is -0.481 e. The molecule has 1 aliphatic heterocycles. The molecule has 24 heavy (non-hydrogen) atoms. The molecule has 0 unspecified atom stereocenters. The third-order valence-corrected chi connectivity index (χ3v) is 7.08. The molecule has 1 saturated carbocycles. The summed E-state index contributed by atoms with van der Waals surface area (Å²) in [4.78, 5) is 21.6. The van der Waals surface area contributed by atoms with Crippen LogP contribution in [-0.2, 0) is 14.8 Å². The molecule has 1 aromatic carbocycles. The van der Waals surface area contributed by atoms with E-state index in [4.69, 9.17) is 11.6 Å². The van der Waals surface area contributed by atoms with Crippen LogP contribution in [0.25, 0.3) is 0 Å². The number of rotatable bonds is 4. The van der Waals surface area contributed by atoms with E-state index in [1.54, 1.807) is 0 Å². The van der Waals surface area contributed by atoms with Crippen molar-refractivity contribution in [1.82, 2.24) is 4.31 Å². The zero-order valence-corrected chi connectivity index (χ0v) is 14.1. The topological polar surface area (TPSA) is 118 Å². The molecule has 10 heteroatoms. The van der Waals surface area contributed by atoms with Gasteiger partial charge in [-0.2, -0.15) is 4.31 Å². The van der Waals surface area contributed by atoms with Crippen LogP contribution < -0.4 is 0 Å². The Morgan fingerprint density at radius 1 is 1.46 bits per heavy atom. The summed E-state index contributed by atoms with van der Waals surface area (Å²) in [5.41, 5.74) is -1.67. The molecule has 1 heterocycles. The summed E-state index contributed by atoms with van der Waals surface area (Å²) in [5.74, 6) is -1.29. The molecule has 0 amide bonds. The van der Waals surface area contributed by atoms with E-state index in [9.17, 15) is 28.4 Å². The van der Waals surface area contributed by atoms with Crippen LogP contribution in [0.3, 0.4) is 0 Å². The molecule has 1 aromatic rings. The van der Waals surface area contributed by atoms with Crippen LogP contribution in [0.2, 0.25) is 5.02 Å². The van der Waals surface area contributed by atoms with E-state index in [1.165, 1.54) is 6.07 Å². The Labute approximate surface area is 143 Å². The van der Waals surface area contributed by atoms with Crippen LogP contribution in [0, 0.1) is 21.4 Å². The molecule has 0 bridgehead atoms. The lowest BCUT2D eigenvalue weighted by Gasteiger charge is -2.23. The van der Waals surface area contributed by atoms with Crippen molar-refractivity contribution in [3.05, 3.63) is 33.3 Å². The molecule has 2 aliphatic rings. The maximum absolute atomic E-state index is 12.9. The Bertz CT molecular complexity index is 827. The van der Waals surface area contributed by atoms with Crippen LogP contribution in [-0.4, -0.2) is 41.8 Å². The van der Waals surface area contributed by atoms with Crippen molar-refractivity contribution in [3.63, 3.8) is 0 Å². The third-order valence-electron chi connectivity index (χ3n) is 5.00. The molecule has 8 nitrogen and oxygen atoms in total. The average molecular weight is 375 g/mol. The minimum atomic E-state index is -4.21. The predicted molar refractivity (Wildman–Crippen MR) is 84.3 cm³/mol. The molecule has 1 aliphatic carbocycles. The summed E-state index contributed by atoms with van der Waals surface area (Å²) in [6.07, 6.45) is 1.79. The number of sulfonamides is 1. The Morgan fingerprint density at radius 3 is 2.75 bits per heavy atom. The van der Waals surface area contributed by atoms with Crippen molar-refractivity contribution in [1.29, 1.82) is 0 Å². The van der Waals surface area contributed by atoms with Crippen molar-refractivity contribution in [2.75, 3.05) is 13.1 Å². The summed E-state index contributed by atoms with van der Waals surface area (Å²) >= 11 is 5.81. The van der Waals surface area contributed by atoms with Crippen molar-refractivity contribution in [2.45, 2.75) is 24.2 Å². The monoisotopic (exact) mass is 374 g/mol. The highest BCUT2D eigenvalue weighted by atomic mass is 35.5. The van der Waals surface area contributed by atoms with E-state index in [-0.39, 0.29) is 24.0 Å². The zero-order valence-electron chi connectivity index (χ0n) is 12.5. The van der Waals surface area contributed by atoms with Crippen LogP contribution in [0.1, 0.15) is 19.3 Å². The molecule has 2 fully saturated rings. The second kappa shape index (κ2) is 5.68. The number of carboxylic acids is 1. The van der Waals surface area contributed by atoms with Crippen LogP contribution in [0.5, 0.6) is 0 Å². The van der Waals surface area contributed by atoms with Crippen molar-refractivity contribution >= 4 is 33.3 Å². The molecule has 3 rings (SSSR count). The first kappa shape index (κ1) is 17.1. The molecule has 2 atom stereocenters. The van der Waals surface area contributed by atoms with Gasteiger partial charge < -0.3 is 5.11 Å². The highest BCUT2D eigenvalue weighted by Crippen LogP contribution is 2.50. The first-order valence-electron chi connectivity index (χ1n) is 7.36. The van der Waals surface area contributed by atoms with Gasteiger partial charge in [0.15, 0.2) is 4.90 Å². The lowest BCUT2D eigenvalue weighted by atomic mass is 9.81. The Balaban J connectivity index is 2.03. The van der Waals surface area contributed by atoms with Crippen LogP contribution >= 0.6 is 11.6 Å². The molecule has 1 saturated heterocycles. The first-order chi connectivity index (χ1) is 11.2. The number of nitrogens with zero attached hydrogens (tertiary/aromatic N) is 2. The Hall–Kier alpha value is -1.71.